The van der Waals surface area contributed by atoms with Crippen LogP contribution < -0.4 is 0 Å². The van der Waals surface area contributed by atoms with Crippen LogP contribution in [0.3, 0.4) is 0 Å². The number of rotatable bonds is 3. The minimum absolute atomic E-state index is 0.344. The summed E-state index contributed by atoms with van der Waals surface area (Å²) in [5.74, 6) is -0.344. The molecule has 0 spiro atoms. The molecule has 0 aliphatic rings. The molecule has 2 nitrogen and oxygen atoms in total. The molecule has 1 heterocycles. The number of aryl methyl sites for hydroxylation is 1. The minimum atomic E-state index is -0.344. The first kappa shape index (κ1) is 15.8. The van der Waals surface area contributed by atoms with Crippen LogP contribution in [0.4, 0.5) is 4.39 Å². The number of nitrogens with zero attached hydrogens (tertiary/aromatic N) is 2. The number of benzene rings is 2. The van der Waals surface area contributed by atoms with Crippen LogP contribution in [0.1, 0.15) is 22.5 Å². The largest absolute Gasteiger partial charge is 0.318 e. The molecule has 0 saturated heterocycles. The summed E-state index contributed by atoms with van der Waals surface area (Å²) < 4.78 is 15.6. The van der Waals surface area contributed by atoms with Gasteiger partial charge >= 0.3 is 0 Å². The van der Waals surface area contributed by atoms with Gasteiger partial charge in [-0.15, -0.1) is 0 Å². The number of halogens is 1. The van der Waals surface area contributed by atoms with Crippen molar-refractivity contribution in [3.63, 3.8) is 0 Å². The number of hydrogen-bond donors (Lipinski definition) is 0. The maximum atomic E-state index is 13.4. The lowest BCUT2D eigenvalue weighted by Gasteiger charge is -2.09. The molecular weight excluding hydrogens is 299 g/mol. The van der Waals surface area contributed by atoms with Crippen LogP contribution in [0.2, 0.25) is 0 Å². The first-order valence-corrected chi connectivity index (χ1v) is 7.72. The highest BCUT2D eigenvalue weighted by Crippen LogP contribution is 2.25. The SMILES string of the molecule is Cc1cc(/C=C(\C#N)c2cccc(F)c2)c(C)n1-c1ccccc1. The molecule has 2 aromatic carbocycles. The highest BCUT2D eigenvalue weighted by molar-refractivity contribution is 5.90. The van der Waals surface area contributed by atoms with Gasteiger partial charge in [-0.25, -0.2) is 4.39 Å². The molecule has 24 heavy (non-hydrogen) atoms. The van der Waals surface area contributed by atoms with Crippen molar-refractivity contribution in [2.45, 2.75) is 13.8 Å². The number of para-hydroxylation sites is 1. The Morgan fingerprint density at radius 2 is 1.79 bits per heavy atom. The van der Waals surface area contributed by atoms with E-state index in [9.17, 15) is 9.65 Å². The van der Waals surface area contributed by atoms with Crippen molar-refractivity contribution in [1.29, 1.82) is 5.26 Å². The zero-order valence-corrected chi connectivity index (χ0v) is 13.6. The Morgan fingerprint density at radius 3 is 2.46 bits per heavy atom. The predicted octanol–water partition coefficient (Wildman–Crippen LogP) is 5.30. The summed E-state index contributed by atoms with van der Waals surface area (Å²) in [6, 6.07) is 20.4. The van der Waals surface area contributed by atoms with Gasteiger partial charge < -0.3 is 4.57 Å². The maximum Gasteiger partial charge on any atom is 0.123 e. The van der Waals surface area contributed by atoms with Crippen LogP contribution in [0, 0.1) is 31.0 Å². The van der Waals surface area contributed by atoms with E-state index in [1.165, 1.54) is 12.1 Å². The van der Waals surface area contributed by atoms with Crippen LogP contribution >= 0.6 is 0 Å². The van der Waals surface area contributed by atoms with Gasteiger partial charge in [-0.05, 0) is 61.4 Å². The van der Waals surface area contributed by atoms with Gasteiger partial charge in [0.2, 0.25) is 0 Å². The fourth-order valence-corrected chi connectivity index (χ4v) is 2.90. The van der Waals surface area contributed by atoms with E-state index in [-0.39, 0.29) is 5.82 Å². The lowest BCUT2D eigenvalue weighted by Crippen LogP contribution is -1.98. The average Bonchev–Trinajstić information content (AvgIpc) is 2.87. The molecule has 0 N–H and O–H groups in total. The van der Waals surface area contributed by atoms with E-state index >= 15 is 0 Å². The van der Waals surface area contributed by atoms with Crippen LogP contribution in [0.15, 0.2) is 60.7 Å². The lowest BCUT2D eigenvalue weighted by atomic mass is 10.0. The fourth-order valence-electron chi connectivity index (χ4n) is 2.90. The molecule has 0 radical (unpaired) electrons. The van der Waals surface area contributed by atoms with Gasteiger partial charge in [-0.2, -0.15) is 5.26 Å². The summed E-state index contributed by atoms with van der Waals surface area (Å²) in [5, 5.41) is 9.47. The van der Waals surface area contributed by atoms with Gasteiger partial charge in [0.15, 0.2) is 0 Å². The molecule has 0 atom stereocenters. The Hall–Kier alpha value is -3.12. The lowest BCUT2D eigenvalue weighted by molar-refractivity contribution is 0.627. The summed E-state index contributed by atoms with van der Waals surface area (Å²) in [7, 11) is 0. The second kappa shape index (κ2) is 6.55. The smallest absolute Gasteiger partial charge is 0.123 e. The molecule has 0 fully saturated rings. The summed E-state index contributed by atoms with van der Waals surface area (Å²) in [6.07, 6.45) is 1.82. The summed E-state index contributed by atoms with van der Waals surface area (Å²) in [4.78, 5) is 0. The van der Waals surface area contributed by atoms with Crippen molar-refractivity contribution >= 4 is 11.6 Å². The van der Waals surface area contributed by atoms with Gasteiger partial charge in [-0.3, -0.25) is 0 Å². The molecule has 3 rings (SSSR count). The van der Waals surface area contributed by atoms with Gasteiger partial charge in [-0.1, -0.05) is 30.3 Å². The minimum Gasteiger partial charge on any atom is -0.318 e. The Kier molecular flexibility index (Phi) is 4.31. The fraction of sp³-hybridized carbons (Fsp3) is 0.0952. The molecule has 0 aliphatic carbocycles. The van der Waals surface area contributed by atoms with E-state index in [1.54, 1.807) is 12.1 Å². The van der Waals surface area contributed by atoms with E-state index < -0.39 is 0 Å². The molecule has 0 unspecified atom stereocenters. The first-order chi connectivity index (χ1) is 11.6. The highest BCUT2D eigenvalue weighted by Gasteiger charge is 2.11. The molecule has 0 amide bonds. The number of allylic oxidation sites excluding steroid dienone is 1. The van der Waals surface area contributed by atoms with Crippen molar-refractivity contribution in [2.75, 3.05) is 0 Å². The second-order valence-electron chi connectivity index (χ2n) is 5.68. The molecule has 0 bridgehead atoms. The third-order valence-corrected chi connectivity index (χ3v) is 4.04. The zero-order valence-electron chi connectivity index (χ0n) is 13.6. The topological polar surface area (TPSA) is 28.7 Å². The van der Waals surface area contributed by atoms with Gasteiger partial charge in [0.1, 0.15) is 5.82 Å². The van der Waals surface area contributed by atoms with E-state index in [1.807, 2.05) is 56.3 Å². The monoisotopic (exact) mass is 316 g/mol. The van der Waals surface area contributed by atoms with Crippen molar-refractivity contribution in [2.24, 2.45) is 0 Å². The quantitative estimate of drug-likeness (QED) is 0.603. The predicted molar refractivity (Wildman–Crippen MR) is 95.1 cm³/mol. The molecule has 118 valence electrons. The molecule has 1 aromatic heterocycles. The third kappa shape index (κ3) is 3.00. The summed E-state index contributed by atoms with van der Waals surface area (Å²) in [5.41, 5.74) is 5.20. The van der Waals surface area contributed by atoms with Crippen LogP contribution in [0.25, 0.3) is 17.3 Å². The Bertz CT molecular complexity index is 944. The normalized spacial score (nSPS) is 11.3. The van der Waals surface area contributed by atoms with Crippen molar-refractivity contribution in [3.05, 3.63) is 89.0 Å². The van der Waals surface area contributed by atoms with Crippen molar-refractivity contribution < 1.29 is 4.39 Å². The van der Waals surface area contributed by atoms with Crippen LogP contribution in [0.5, 0.6) is 0 Å². The number of aromatic nitrogens is 1. The van der Waals surface area contributed by atoms with E-state index in [0.29, 0.717) is 11.1 Å². The third-order valence-electron chi connectivity index (χ3n) is 4.04. The van der Waals surface area contributed by atoms with Gasteiger partial charge in [0.25, 0.3) is 0 Å². The Balaban J connectivity index is 2.09. The van der Waals surface area contributed by atoms with E-state index in [4.69, 9.17) is 0 Å². The number of hydrogen-bond acceptors (Lipinski definition) is 1. The molecule has 3 aromatic rings. The highest BCUT2D eigenvalue weighted by atomic mass is 19.1. The summed E-state index contributed by atoms with van der Waals surface area (Å²) in [6.45, 7) is 4.05. The first-order valence-electron chi connectivity index (χ1n) is 7.72. The van der Waals surface area contributed by atoms with Crippen molar-refractivity contribution in [1.82, 2.24) is 4.57 Å². The van der Waals surface area contributed by atoms with Gasteiger partial charge in [0, 0.05) is 17.1 Å². The average molecular weight is 316 g/mol. The Morgan fingerprint density at radius 1 is 1.04 bits per heavy atom. The zero-order chi connectivity index (χ0) is 17.1. The van der Waals surface area contributed by atoms with Crippen LogP contribution in [-0.2, 0) is 0 Å². The van der Waals surface area contributed by atoms with Gasteiger partial charge in [0.05, 0.1) is 11.6 Å². The standard InChI is InChI=1S/C21H17FN2/c1-15-11-18(16(2)24(15)21-9-4-3-5-10-21)12-19(14-23)17-7-6-8-20(22)13-17/h3-13H,1-2H3/b19-12+. The van der Waals surface area contributed by atoms with Crippen molar-refractivity contribution in [3.8, 4) is 11.8 Å². The molecule has 0 saturated carbocycles. The van der Waals surface area contributed by atoms with E-state index in [0.717, 1.165) is 22.6 Å². The molecule has 0 aliphatic heterocycles. The van der Waals surface area contributed by atoms with Crippen LogP contribution in [-0.4, -0.2) is 4.57 Å². The van der Waals surface area contributed by atoms with E-state index in [2.05, 4.69) is 10.6 Å². The molecular formula is C21H17FN2. The Labute approximate surface area is 141 Å². The number of nitriles is 1. The summed E-state index contributed by atoms with van der Waals surface area (Å²) >= 11 is 0. The molecule has 3 heteroatoms. The maximum absolute atomic E-state index is 13.4. The second-order valence-corrected chi connectivity index (χ2v) is 5.68.